The first-order chi connectivity index (χ1) is 7.68. The average molecular weight is 299 g/mol. The maximum Gasteiger partial charge on any atom is 0.176 e. The molecule has 3 heteroatoms. The fourth-order valence-corrected chi connectivity index (χ4v) is 4.65. The molecule has 1 aromatic rings. The number of hydrogen-bond donors (Lipinski definition) is 0. The Kier molecular flexibility index (Phi) is 2.71. The quantitative estimate of drug-likeness (QED) is 0.738. The summed E-state index contributed by atoms with van der Waals surface area (Å²) in [5, 5.41) is 0. The Morgan fingerprint density at radius 1 is 1.38 bits per heavy atom. The molecule has 1 nitrogen and oxygen atoms in total. The van der Waals surface area contributed by atoms with Crippen LogP contribution in [-0.4, -0.2) is 5.78 Å². The van der Waals surface area contributed by atoms with Gasteiger partial charge >= 0.3 is 0 Å². The minimum Gasteiger partial charge on any atom is -0.293 e. The van der Waals surface area contributed by atoms with Crippen LogP contribution >= 0.6 is 27.3 Å². The van der Waals surface area contributed by atoms with Crippen molar-refractivity contribution in [3.8, 4) is 0 Å². The van der Waals surface area contributed by atoms with E-state index in [4.69, 9.17) is 0 Å². The second-order valence-corrected chi connectivity index (χ2v) is 7.44. The second-order valence-electron chi connectivity index (χ2n) is 5.07. The molecular weight excluding hydrogens is 284 g/mol. The van der Waals surface area contributed by atoms with E-state index < -0.39 is 0 Å². The molecule has 0 amide bonds. The van der Waals surface area contributed by atoms with Gasteiger partial charge in [0.15, 0.2) is 5.78 Å². The van der Waals surface area contributed by atoms with Gasteiger partial charge in [-0.1, -0.05) is 12.8 Å². The third-order valence-corrected chi connectivity index (χ3v) is 6.21. The molecule has 0 spiro atoms. The lowest BCUT2D eigenvalue weighted by molar-refractivity contribution is 0.0960. The zero-order valence-corrected chi connectivity index (χ0v) is 11.7. The lowest BCUT2D eigenvalue weighted by Gasteiger charge is -2.04. The molecule has 86 valence electrons. The molecule has 1 aromatic heterocycles. The van der Waals surface area contributed by atoms with Crippen LogP contribution in [0.15, 0.2) is 9.85 Å². The van der Waals surface area contributed by atoms with Crippen LogP contribution in [0, 0.1) is 24.7 Å². The van der Waals surface area contributed by atoms with Crippen molar-refractivity contribution in [2.24, 2.45) is 17.8 Å². The molecule has 0 saturated heterocycles. The molecule has 0 radical (unpaired) electrons. The number of carbonyl (C=O) groups is 1. The molecule has 0 aromatic carbocycles. The summed E-state index contributed by atoms with van der Waals surface area (Å²) in [5.74, 6) is 2.23. The highest BCUT2D eigenvalue weighted by Gasteiger charge is 2.54. The van der Waals surface area contributed by atoms with E-state index in [-0.39, 0.29) is 0 Å². The lowest BCUT2D eigenvalue weighted by Crippen LogP contribution is -2.01. The SMILES string of the molecule is Cc1cc(C(=O)C2C3CCCCC32)sc1Br. The Hall–Kier alpha value is -0.150. The largest absolute Gasteiger partial charge is 0.293 e. The van der Waals surface area contributed by atoms with Crippen LogP contribution in [0.2, 0.25) is 0 Å². The van der Waals surface area contributed by atoms with Crippen LogP contribution < -0.4 is 0 Å². The highest BCUT2D eigenvalue weighted by Crippen LogP contribution is 2.57. The fourth-order valence-electron chi connectivity index (χ4n) is 3.13. The summed E-state index contributed by atoms with van der Waals surface area (Å²) in [5.41, 5.74) is 1.19. The summed E-state index contributed by atoms with van der Waals surface area (Å²) in [4.78, 5) is 13.3. The molecule has 2 aliphatic rings. The van der Waals surface area contributed by atoms with Crippen molar-refractivity contribution in [1.82, 2.24) is 0 Å². The molecule has 0 aliphatic heterocycles. The Morgan fingerprint density at radius 3 is 2.50 bits per heavy atom. The number of carbonyl (C=O) groups excluding carboxylic acids is 1. The van der Waals surface area contributed by atoms with Gasteiger partial charge in [0.2, 0.25) is 0 Å². The summed E-state index contributed by atoms with van der Waals surface area (Å²) < 4.78 is 1.11. The normalized spacial score (nSPS) is 32.2. The smallest absolute Gasteiger partial charge is 0.176 e. The van der Waals surface area contributed by atoms with Crippen molar-refractivity contribution >= 4 is 33.0 Å². The highest BCUT2D eigenvalue weighted by atomic mass is 79.9. The molecule has 2 atom stereocenters. The van der Waals surface area contributed by atoms with Gasteiger partial charge in [-0.05, 0) is 59.2 Å². The Labute approximate surface area is 108 Å². The van der Waals surface area contributed by atoms with Crippen LogP contribution in [0.1, 0.15) is 40.9 Å². The van der Waals surface area contributed by atoms with E-state index in [1.54, 1.807) is 11.3 Å². The number of aryl methyl sites for hydroxylation is 1. The van der Waals surface area contributed by atoms with Gasteiger partial charge < -0.3 is 0 Å². The molecule has 2 aliphatic carbocycles. The number of ketones is 1. The number of rotatable bonds is 2. The van der Waals surface area contributed by atoms with Crippen molar-refractivity contribution in [1.29, 1.82) is 0 Å². The molecule has 16 heavy (non-hydrogen) atoms. The zero-order chi connectivity index (χ0) is 11.3. The fraction of sp³-hybridized carbons (Fsp3) is 0.615. The van der Waals surface area contributed by atoms with E-state index in [9.17, 15) is 4.79 Å². The molecule has 1 heterocycles. The van der Waals surface area contributed by atoms with Crippen molar-refractivity contribution in [2.45, 2.75) is 32.6 Å². The van der Waals surface area contributed by atoms with Gasteiger partial charge in [0.05, 0.1) is 8.66 Å². The number of hydrogen-bond acceptors (Lipinski definition) is 2. The van der Waals surface area contributed by atoms with Crippen molar-refractivity contribution < 1.29 is 4.79 Å². The standard InChI is InChI=1S/C13H15BrOS/c1-7-6-10(16-13(7)14)12(15)11-8-4-2-3-5-9(8)11/h6,8-9,11H,2-5H2,1H3. The minimum atomic E-state index is 0.368. The number of halogens is 1. The van der Waals surface area contributed by atoms with E-state index in [1.165, 1.54) is 31.2 Å². The molecule has 2 saturated carbocycles. The van der Waals surface area contributed by atoms with E-state index in [0.717, 1.165) is 20.5 Å². The first-order valence-corrected chi connectivity index (χ1v) is 7.59. The summed E-state index contributed by atoms with van der Waals surface area (Å²) >= 11 is 5.10. The van der Waals surface area contributed by atoms with Gasteiger partial charge in [0.1, 0.15) is 0 Å². The van der Waals surface area contributed by atoms with Crippen LogP contribution in [0.25, 0.3) is 0 Å². The summed E-state index contributed by atoms with van der Waals surface area (Å²) in [7, 11) is 0. The predicted octanol–water partition coefficient (Wildman–Crippen LogP) is 4.44. The molecule has 3 rings (SSSR count). The van der Waals surface area contributed by atoms with Gasteiger partial charge in [-0.2, -0.15) is 0 Å². The van der Waals surface area contributed by atoms with Gasteiger partial charge in [-0.25, -0.2) is 0 Å². The predicted molar refractivity (Wildman–Crippen MR) is 70.0 cm³/mol. The maximum atomic E-state index is 12.3. The van der Waals surface area contributed by atoms with E-state index in [2.05, 4.69) is 22.9 Å². The summed E-state index contributed by atoms with van der Waals surface area (Å²) in [6.07, 6.45) is 5.23. The van der Waals surface area contributed by atoms with Crippen LogP contribution in [0.3, 0.4) is 0 Å². The number of thiophene rings is 1. The van der Waals surface area contributed by atoms with E-state index in [1.807, 2.05) is 6.07 Å². The van der Waals surface area contributed by atoms with Gasteiger partial charge in [-0.15, -0.1) is 11.3 Å². The van der Waals surface area contributed by atoms with Crippen molar-refractivity contribution in [3.63, 3.8) is 0 Å². The second kappa shape index (κ2) is 3.95. The molecule has 0 N–H and O–H groups in total. The zero-order valence-electron chi connectivity index (χ0n) is 9.33. The third kappa shape index (κ3) is 1.68. The van der Waals surface area contributed by atoms with Crippen LogP contribution in [-0.2, 0) is 0 Å². The van der Waals surface area contributed by atoms with Gasteiger partial charge in [-0.3, -0.25) is 4.79 Å². The van der Waals surface area contributed by atoms with E-state index in [0.29, 0.717) is 11.7 Å². The van der Waals surface area contributed by atoms with Crippen molar-refractivity contribution in [3.05, 3.63) is 20.3 Å². The van der Waals surface area contributed by atoms with Gasteiger partial charge in [0, 0.05) is 5.92 Å². The Bertz CT molecular complexity index is 406. The molecule has 2 unspecified atom stereocenters. The van der Waals surface area contributed by atoms with Gasteiger partial charge in [0.25, 0.3) is 0 Å². The average Bonchev–Trinajstić information content (AvgIpc) is 2.91. The minimum absolute atomic E-state index is 0.368. The first-order valence-electron chi connectivity index (χ1n) is 5.98. The maximum absolute atomic E-state index is 12.3. The Balaban J connectivity index is 1.79. The summed E-state index contributed by atoms with van der Waals surface area (Å²) in [6.45, 7) is 2.05. The topological polar surface area (TPSA) is 17.1 Å². The number of fused-ring (bicyclic) bond motifs is 1. The monoisotopic (exact) mass is 298 g/mol. The molecule has 2 fully saturated rings. The van der Waals surface area contributed by atoms with Crippen LogP contribution in [0.5, 0.6) is 0 Å². The first kappa shape index (κ1) is 11.0. The molecule has 0 bridgehead atoms. The van der Waals surface area contributed by atoms with Crippen molar-refractivity contribution in [2.75, 3.05) is 0 Å². The number of Topliss-reactive ketones (excluding diaryl/α,β-unsaturated/α-hetero) is 1. The molecular formula is C13H15BrOS. The lowest BCUT2D eigenvalue weighted by atomic mass is 10.0. The Morgan fingerprint density at radius 2 is 2.00 bits per heavy atom. The highest BCUT2D eigenvalue weighted by molar-refractivity contribution is 9.11. The van der Waals surface area contributed by atoms with E-state index >= 15 is 0 Å². The van der Waals surface area contributed by atoms with Crippen LogP contribution in [0.4, 0.5) is 0 Å². The third-order valence-electron chi connectivity index (χ3n) is 4.06. The summed E-state index contributed by atoms with van der Waals surface area (Å²) in [6, 6.07) is 2.04.